The second-order valence-corrected chi connectivity index (χ2v) is 3.89. The van der Waals surface area contributed by atoms with Crippen LogP contribution in [0, 0.1) is 0 Å². The molecular formula is C14H9NO3. The number of furan rings is 1. The van der Waals surface area contributed by atoms with Crippen LogP contribution in [0.25, 0.3) is 11.0 Å². The van der Waals surface area contributed by atoms with Gasteiger partial charge in [0.05, 0.1) is 5.56 Å². The highest BCUT2D eigenvalue weighted by Crippen LogP contribution is 2.26. The summed E-state index contributed by atoms with van der Waals surface area (Å²) in [6.45, 7) is 0. The van der Waals surface area contributed by atoms with Gasteiger partial charge in [-0.2, -0.15) is 0 Å². The molecule has 0 bridgehead atoms. The Morgan fingerprint density at radius 1 is 1.17 bits per heavy atom. The number of phenols is 1. The second-order valence-electron chi connectivity index (χ2n) is 3.89. The number of hydrogen-bond acceptors (Lipinski definition) is 4. The lowest BCUT2D eigenvalue weighted by atomic mass is 10.0. The Morgan fingerprint density at radius 2 is 1.94 bits per heavy atom. The largest absolute Gasteiger partial charge is 0.508 e. The molecule has 0 fully saturated rings. The number of fused-ring (bicyclic) bond motifs is 1. The average molecular weight is 239 g/mol. The zero-order valence-corrected chi connectivity index (χ0v) is 9.33. The van der Waals surface area contributed by atoms with E-state index in [-0.39, 0.29) is 11.5 Å². The Balaban J connectivity index is 2.15. The molecule has 0 saturated carbocycles. The normalized spacial score (nSPS) is 10.7. The van der Waals surface area contributed by atoms with Crippen molar-refractivity contribution in [3.05, 3.63) is 60.1 Å². The van der Waals surface area contributed by atoms with Crippen molar-refractivity contribution in [1.29, 1.82) is 0 Å². The summed E-state index contributed by atoms with van der Waals surface area (Å²) in [4.78, 5) is 16.1. The number of rotatable bonds is 2. The van der Waals surface area contributed by atoms with Gasteiger partial charge in [-0.05, 0) is 30.3 Å². The fourth-order valence-corrected chi connectivity index (χ4v) is 1.85. The fraction of sp³-hybridized carbons (Fsp3) is 0. The molecule has 0 spiro atoms. The van der Waals surface area contributed by atoms with Crippen molar-refractivity contribution in [3.8, 4) is 5.75 Å². The summed E-state index contributed by atoms with van der Waals surface area (Å²) >= 11 is 0. The van der Waals surface area contributed by atoms with Crippen LogP contribution in [0.4, 0.5) is 0 Å². The van der Waals surface area contributed by atoms with Crippen molar-refractivity contribution >= 4 is 16.8 Å². The van der Waals surface area contributed by atoms with Crippen LogP contribution < -0.4 is 0 Å². The minimum Gasteiger partial charge on any atom is -0.508 e. The molecule has 4 nitrogen and oxygen atoms in total. The van der Waals surface area contributed by atoms with E-state index in [1.165, 1.54) is 18.4 Å². The van der Waals surface area contributed by atoms with Gasteiger partial charge in [-0.3, -0.25) is 9.78 Å². The van der Waals surface area contributed by atoms with Gasteiger partial charge in [0.15, 0.2) is 5.78 Å². The highest BCUT2D eigenvalue weighted by atomic mass is 16.3. The maximum absolute atomic E-state index is 12.3. The predicted molar refractivity (Wildman–Crippen MR) is 65.5 cm³/mol. The maximum Gasteiger partial charge on any atom is 0.196 e. The first-order chi connectivity index (χ1) is 8.75. The van der Waals surface area contributed by atoms with Gasteiger partial charge in [0.25, 0.3) is 0 Å². The predicted octanol–water partition coefficient (Wildman–Crippen LogP) is 2.76. The molecule has 0 aliphatic rings. The summed E-state index contributed by atoms with van der Waals surface area (Å²) in [6.07, 6.45) is 4.53. The molecule has 18 heavy (non-hydrogen) atoms. The van der Waals surface area contributed by atoms with E-state index < -0.39 is 0 Å². The summed E-state index contributed by atoms with van der Waals surface area (Å²) in [5.74, 6) is -0.0468. The molecule has 88 valence electrons. The molecule has 0 radical (unpaired) electrons. The van der Waals surface area contributed by atoms with Crippen molar-refractivity contribution in [1.82, 2.24) is 4.98 Å². The van der Waals surface area contributed by atoms with Crippen LogP contribution in [0.1, 0.15) is 15.9 Å². The molecule has 4 heteroatoms. The Hall–Kier alpha value is -2.62. The SMILES string of the molecule is O=C(c1ccncc1)c1coc2ccc(O)cc12. The Morgan fingerprint density at radius 3 is 2.72 bits per heavy atom. The third-order valence-corrected chi connectivity index (χ3v) is 2.74. The first kappa shape index (κ1) is 10.5. The number of ketones is 1. The molecule has 1 N–H and O–H groups in total. The number of nitrogens with zero attached hydrogens (tertiary/aromatic N) is 1. The first-order valence-electron chi connectivity index (χ1n) is 5.40. The minimum atomic E-state index is -0.151. The van der Waals surface area contributed by atoms with Crippen molar-refractivity contribution in [2.75, 3.05) is 0 Å². The van der Waals surface area contributed by atoms with Gasteiger partial charge in [-0.15, -0.1) is 0 Å². The number of aromatic nitrogens is 1. The third-order valence-electron chi connectivity index (χ3n) is 2.74. The number of carbonyl (C=O) groups excluding carboxylic acids is 1. The lowest BCUT2D eigenvalue weighted by Crippen LogP contribution is -1.99. The molecule has 1 aromatic carbocycles. The Bertz CT molecular complexity index is 716. The fourth-order valence-electron chi connectivity index (χ4n) is 1.85. The quantitative estimate of drug-likeness (QED) is 0.698. The van der Waals surface area contributed by atoms with E-state index in [9.17, 15) is 9.90 Å². The number of aromatic hydroxyl groups is 1. The Kier molecular flexibility index (Phi) is 2.34. The van der Waals surface area contributed by atoms with Gasteiger partial charge in [0.2, 0.25) is 0 Å². The van der Waals surface area contributed by atoms with Gasteiger partial charge < -0.3 is 9.52 Å². The van der Waals surface area contributed by atoms with Gasteiger partial charge in [-0.25, -0.2) is 0 Å². The van der Waals surface area contributed by atoms with Crippen LogP contribution in [0.5, 0.6) is 5.75 Å². The molecule has 0 atom stereocenters. The number of phenolic OH excluding ortho intramolecular Hbond substituents is 1. The summed E-state index contributed by atoms with van der Waals surface area (Å²) in [5.41, 5.74) is 1.55. The van der Waals surface area contributed by atoms with Crippen LogP contribution in [-0.4, -0.2) is 15.9 Å². The maximum atomic E-state index is 12.3. The number of benzene rings is 1. The zero-order chi connectivity index (χ0) is 12.5. The smallest absolute Gasteiger partial charge is 0.196 e. The van der Waals surface area contributed by atoms with E-state index in [1.807, 2.05) is 0 Å². The molecule has 3 aromatic rings. The van der Waals surface area contributed by atoms with E-state index in [0.717, 1.165) is 0 Å². The van der Waals surface area contributed by atoms with Crippen LogP contribution >= 0.6 is 0 Å². The first-order valence-corrected chi connectivity index (χ1v) is 5.40. The van der Waals surface area contributed by atoms with E-state index in [2.05, 4.69) is 4.98 Å². The molecule has 0 amide bonds. The molecule has 0 aliphatic heterocycles. The molecular weight excluding hydrogens is 230 g/mol. The standard InChI is InChI=1S/C14H9NO3/c16-10-1-2-13-11(7-10)12(8-18-13)14(17)9-3-5-15-6-4-9/h1-8,16H. The highest BCUT2D eigenvalue weighted by Gasteiger charge is 2.15. The van der Waals surface area contributed by atoms with Crippen LogP contribution in [0.3, 0.4) is 0 Å². The van der Waals surface area contributed by atoms with Crippen molar-refractivity contribution in [3.63, 3.8) is 0 Å². The molecule has 0 unspecified atom stereocenters. The van der Waals surface area contributed by atoms with Gasteiger partial charge >= 0.3 is 0 Å². The van der Waals surface area contributed by atoms with Gasteiger partial charge in [0, 0.05) is 23.3 Å². The van der Waals surface area contributed by atoms with Gasteiger partial charge in [0.1, 0.15) is 17.6 Å². The lowest BCUT2D eigenvalue weighted by molar-refractivity contribution is 0.103. The number of pyridine rings is 1. The topological polar surface area (TPSA) is 63.3 Å². The van der Waals surface area contributed by atoms with E-state index in [0.29, 0.717) is 22.1 Å². The molecule has 3 rings (SSSR count). The van der Waals surface area contributed by atoms with Gasteiger partial charge in [-0.1, -0.05) is 0 Å². The van der Waals surface area contributed by atoms with Crippen LogP contribution in [-0.2, 0) is 0 Å². The molecule has 2 heterocycles. The monoisotopic (exact) mass is 239 g/mol. The third kappa shape index (κ3) is 1.64. The number of hydrogen-bond donors (Lipinski definition) is 1. The molecule has 0 saturated heterocycles. The van der Waals surface area contributed by atoms with Crippen molar-refractivity contribution in [2.45, 2.75) is 0 Å². The lowest BCUT2D eigenvalue weighted by Gasteiger charge is -1.98. The summed E-state index contributed by atoms with van der Waals surface area (Å²) in [7, 11) is 0. The van der Waals surface area contributed by atoms with Crippen molar-refractivity contribution < 1.29 is 14.3 Å². The van der Waals surface area contributed by atoms with Crippen LogP contribution in [0.15, 0.2) is 53.4 Å². The van der Waals surface area contributed by atoms with Crippen LogP contribution in [0.2, 0.25) is 0 Å². The average Bonchev–Trinajstić information content (AvgIpc) is 2.82. The van der Waals surface area contributed by atoms with E-state index in [1.54, 1.807) is 30.6 Å². The second kappa shape index (κ2) is 4.00. The Labute approximate surface area is 103 Å². The molecule has 0 aliphatic carbocycles. The van der Waals surface area contributed by atoms with E-state index in [4.69, 9.17) is 4.42 Å². The molecule has 2 aromatic heterocycles. The van der Waals surface area contributed by atoms with Crippen molar-refractivity contribution in [2.24, 2.45) is 0 Å². The summed E-state index contributed by atoms with van der Waals surface area (Å²) in [5, 5.41) is 10.1. The highest BCUT2D eigenvalue weighted by molar-refractivity contribution is 6.15. The zero-order valence-electron chi connectivity index (χ0n) is 9.33. The summed E-state index contributed by atoms with van der Waals surface area (Å²) < 4.78 is 5.30. The summed E-state index contributed by atoms with van der Waals surface area (Å²) in [6, 6.07) is 7.96. The number of carbonyl (C=O) groups is 1. The van der Waals surface area contributed by atoms with E-state index >= 15 is 0 Å². The minimum absolute atomic E-state index is 0.104.